The molecule has 2 atom stereocenters. The van der Waals surface area contributed by atoms with Crippen molar-refractivity contribution in [1.82, 2.24) is 5.32 Å². The normalized spacial score (nSPS) is 18.9. The molecule has 2 unspecified atom stereocenters. The Kier molecular flexibility index (Phi) is 4.67. The first kappa shape index (κ1) is 15.3. The molecule has 3 nitrogen and oxygen atoms in total. The van der Waals surface area contributed by atoms with Crippen LogP contribution in [0.4, 0.5) is 13.2 Å². The maximum Gasteiger partial charge on any atom is 0.416 e. The zero-order valence-corrected chi connectivity index (χ0v) is 10.9. The largest absolute Gasteiger partial charge is 0.416 e. The molecule has 1 fully saturated rings. The number of benzene rings is 1. The highest BCUT2D eigenvalue weighted by atomic mass is 19.4. The molecule has 6 heteroatoms. The minimum atomic E-state index is -4.41. The molecule has 0 aliphatic heterocycles. The number of aliphatic hydroxyl groups is 2. The van der Waals surface area contributed by atoms with Gasteiger partial charge in [0.2, 0.25) is 0 Å². The lowest BCUT2D eigenvalue weighted by molar-refractivity contribution is -0.137. The minimum Gasteiger partial charge on any atom is -0.392 e. The number of alkyl halides is 3. The van der Waals surface area contributed by atoms with Crippen LogP contribution in [0.25, 0.3) is 0 Å². The summed E-state index contributed by atoms with van der Waals surface area (Å²) in [6, 6.07) is 4.66. The van der Waals surface area contributed by atoms with E-state index in [9.17, 15) is 23.4 Å². The quantitative estimate of drug-likeness (QED) is 0.751. The number of aliphatic hydroxyl groups excluding tert-OH is 2. The Bertz CT molecular complexity index is 446. The van der Waals surface area contributed by atoms with Crippen molar-refractivity contribution in [3.63, 3.8) is 0 Å². The molecule has 1 aromatic carbocycles. The molecule has 1 saturated carbocycles. The average molecular weight is 289 g/mol. The maximum atomic E-state index is 12.6. The molecular weight excluding hydrogens is 271 g/mol. The van der Waals surface area contributed by atoms with E-state index in [0.717, 1.165) is 25.0 Å². The van der Waals surface area contributed by atoms with Crippen LogP contribution < -0.4 is 5.32 Å². The summed E-state index contributed by atoms with van der Waals surface area (Å²) >= 11 is 0. The molecule has 0 saturated heterocycles. The van der Waals surface area contributed by atoms with Gasteiger partial charge in [-0.05, 0) is 36.5 Å². The van der Waals surface area contributed by atoms with Crippen LogP contribution >= 0.6 is 0 Å². The van der Waals surface area contributed by atoms with Crippen LogP contribution in [-0.2, 0) is 6.18 Å². The van der Waals surface area contributed by atoms with Crippen molar-refractivity contribution in [2.24, 2.45) is 5.92 Å². The van der Waals surface area contributed by atoms with E-state index >= 15 is 0 Å². The summed E-state index contributed by atoms with van der Waals surface area (Å²) in [4.78, 5) is 0. The van der Waals surface area contributed by atoms with Crippen LogP contribution in [0, 0.1) is 5.92 Å². The van der Waals surface area contributed by atoms with Crippen molar-refractivity contribution in [3.8, 4) is 0 Å². The standard InChI is InChI=1S/C14H18F3NO2/c15-14(16,17)11-3-1-2-10(6-11)13(20)8-18-7-12(19)9-4-5-9/h1-3,6,9,12-13,18-20H,4-5,7-8H2. The molecule has 20 heavy (non-hydrogen) atoms. The fourth-order valence-corrected chi connectivity index (χ4v) is 2.06. The van der Waals surface area contributed by atoms with Crippen molar-refractivity contribution in [2.45, 2.75) is 31.2 Å². The topological polar surface area (TPSA) is 52.5 Å². The molecule has 112 valence electrons. The van der Waals surface area contributed by atoms with Crippen LogP contribution in [0.2, 0.25) is 0 Å². The molecule has 1 aliphatic carbocycles. The van der Waals surface area contributed by atoms with E-state index in [2.05, 4.69) is 5.32 Å². The Balaban J connectivity index is 1.86. The second kappa shape index (κ2) is 6.11. The fraction of sp³-hybridized carbons (Fsp3) is 0.571. The molecule has 1 aliphatic rings. The first-order valence-corrected chi connectivity index (χ1v) is 6.62. The third-order valence-electron chi connectivity index (χ3n) is 3.46. The van der Waals surface area contributed by atoms with Crippen LogP contribution in [0.5, 0.6) is 0 Å². The van der Waals surface area contributed by atoms with E-state index < -0.39 is 23.9 Å². The van der Waals surface area contributed by atoms with Gasteiger partial charge in [0, 0.05) is 13.1 Å². The van der Waals surface area contributed by atoms with Crippen molar-refractivity contribution in [1.29, 1.82) is 0 Å². The van der Waals surface area contributed by atoms with E-state index in [4.69, 9.17) is 0 Å². The van der Waals surface area contributed by atoms with Gasteiger partial charge in [0.1, 0.15) is 0 Å². The van der Waals surface area contributed by atoms with Crippen LogP contribution in [0.3, 0.4) is 0 Å². The number of halogens is 3. The molecule has 0 spiro atoms. The Hall–Kier alpha value is -1.11. The van der Waals surface area contributed by atoms with E-state index in [0.29, 0.717) is 12.5 Å². The first-order valence-electron chi connectivity index (χ1n) is 6.62. The maximum absolute atomic E-state index is 12.6. The van der Waals surface area contributed by atoms with Crippen LogP contribution in [-0.4, -0.2) is 29.4 Å². The van der Waals surface area contributed by atoms with Crippen LogP contribution in [0.1, 0.15) is 30.1 Å². The predicted octanol–water partition coefficient (Wildman–Crippen LogP) is 2.10. The van der Waals surface area contributed by atoms with Crippen molar-refractivity contribution in [3.05, 3.63) is 35.4 Å². The van der Waals surface area contributed by atoms with Crippen molar-refractivity contribution in [2.75, 3.05) is 13.1 Å². The van der Waals surface area contributed by atoms with Crippen molar-refractivity contribution < 1.29 is 23.4 Å². The number of nitrogens with one attached hydrogen (secondary N) is 1. The number of rotatable bonds is 6. The molecule has 2 rings (SSSR count). The molecule has 0 aromatic heterocycles. The zero-order valence-electron chi connectivity index (χ0n) is 10.9. The van der Waals surface area contributed by atoms with Gasteiger partial charge >= 0.3 is 6.18 Å². The second-order valence-corrected chi connectivity index (χ2v) is 5.20. The SMILES string of the molecule is OC(CNCC(O)C1CC1)c1cccc(C(F)(F)F)c1. The van der Waals surface area contributed by atoms with E-state index in [1.807, 2.05) is 0 Å². The second-order valence-electron chi connectivity index (χ2n) is 5.20. The molecule has 0 heterocycles. The van der Waals surface area contributed by atoms with Gasteiger partial charge in [-0.15, -0.1) is 0 Å². The summed E-state index contributed by atoms with van der Waals surface area (Å²) in [5.41, 5.74) is -0.555. The minimum absolute atomic E-state index is 0.116. The Morgan fingerprint density at radius 3 is 2.50 bits per heavy atom. The van der Waals surface area contributed by atoms with Gasteiger partial charge in [0.25, 0.3) is 0 Å². The van der Waals surface area contributed by atoms with Gasteiger partial charge in [-0.1, -0.05) is 12.1 Å². The summed E-state index contributed by atoms with van der Waals surface area (Å²) in [6.45, 7) is 0.464. The lowest BCUT2D eigenvalue weighted by atomic mass is 10.1. The van der Waals surface area contributed by atoms with Gasteiger partial charge in [-0.25, -0.2) is 0 Å². The summed E-state index contributed by atoms with van der Waals surface area (Å²) in [7, 11) is 0. The Morgan fingerprint density at radius 1 is 1.20 bits per heavy atom. The highest BCUT2D eigenvalue weighted by Crippen LogP contribution is 2.32. The summed E-state index contributed by atoms with van der Waals surface area (Å²) < 4.78 is 37.7. The summed E-state index contributed by atoms with van der Waals surface area (Å²) in [5, 5.41) is 22.4. The monoisotopic (exact) mass is 289 g/mol. The Morgan fingerprint density at radius 2 is 1.90 bits per heavy atom. The molecule has 0 bridgehead atoms. The van der Waals surface area contributed by atoms with E-state index in [1.165, 1.54) is 12.1 Å². The zero-order chi connectivity index (χ0) is 14.8. The highest BCUT2D eigenvalue weighted by molar-refractivity contribution is 5.27. The molecule has 0 radical (unpaired) electrons. The van der Waals surface area contributed by atoms with E-state index in [1.54, 1.807) is 0 Å². The number of hydrogen-bond donors (Lipinski definition) is 3. The molecular formula is C14H18F3NO2. The molecule has 3 N–H and O–H groups in total. The molecule has 0 amide bonds. The Labute approximate surface area is 115 Å². The summed E-state index contributed by atoms with van der Waals surface area (Å²) in [5.74, 6) is 0.327. The molecule has 1 aromatic rings. The van der Waals surface area contributed by atoms with Gasteiger partial charge in [-0.3, -0.25) is 0 Å². The first-order chi connectivity index (χ1) is 9.38. The highest BCUT2D eigenvalue weighted by Gasteiger charge is 2.31. The lowest BCUT2D eigenvalue weighted by Crippen LogP contribution is -2.31. The van der Waals surface area contributed by atoms with Crippen molar-refractivity contribution >= 4 is 0 Å². The van der Waals surface area contributed by atoms with Crippen LogP contribution in [0.15, 0.2) is 24.3 Å². The fourth-order valence-electron chi connectivity index (χ4n) is 2.06. The van der Waals surface area contributed by atoms with Gasteiger partial charge in [0.05, 0.1) is 17.8 Å². The van der Waals surface area contributed by atoms with Gasteiger partial charge in [0.15, 0.2) is 0 Å². The van der Waals surface area contributed by atoms with Gasteiger partial charge in [-0.2, -0.15) is 13.2 Å². The average Bonchev–Trinajstić information content (AvgIpc) is 3.22. The lowest BCUT2D eigenvalue weighted by Gasteiger charge is -2.16. The third-order valence-corrected chi connectivity index (χ3v) is 3.46. The predicted molar refractivity (Wildman–Crippen MR) is 68.0 cm³/mol. The van der Waals surface area contributed by atoms with E-state index in [-0.39, 0.29) is 12.1 Å². The van der Waals surface area contributed by atoms with Gasteiger partial charge < -0.3 is 15.5 Å². The smallest absolute Gasteiger partial charge is 0.392 e. The number of hydrogen-bond acceptors (Lipinski definition) is 3. The third kappa shape index (κ3) is 4.19. The summed E-state index contributed by atoms with van der Waals surface area (Å²) in [6.07, 6.45) is -3.85.